The van der Waals surface area contributed by atoms with Crippen molar-refractivity contribution >= 4 is 34.3 Å². The number of piperazine rings is 1. The minimum Gasteiger partial charge on any atom is -0.493 e. The van der Waals surface area contributed by atoms with Crippen LogP contribution in [0.15, 0.2) is 54.9 Å². The average molecular weight is 484 g/mol. The monoisotopic (exact) mass is 483 g/mol. The van der Waals surface area contributed by atoms with Crippen molar-refractivity contribution in [1.82, 2.24) is 25.2 Å². The van der Waals surface area contributed by atoms with Gasteiger partial charge in [0.1, 0.15) is 11.4 Å². The smallest absolute Gasteiger partial charge is 0.255 e. The first-order valence-corrected chi connectivity index (χ1v) is 12.3. The Balaban J connectivity index is 1.24. The molecule has 2 aliphatic heterocycles. The first kappa shape index (κ1) is 22.4. The lowest BCUT2D eigenvalue weighted by Crippen LogP contribution is -2.44. The van der Waals surface area contributed by atoms with Crippen LogP contribution in [0.25, 0.3) is 22.2 Å². The Bertz CT molecular complexity index is 1410. The van der Waals surface area contributed by atoms with Crippen LogP contribution in [-0.4, -0.2) is 72.1 Å². The summed E-state index contributed by atoms with van der Waals surface area (Å²) >= 11 is 0. The van der Waals surface area contributed by atoms with Gasteiger partial charge in [0.15, 0.2) is 0 Å². The number of anilines is 3. The van der Waals surface area contributed by atoms with Gasteiger partial charge in [0.05, 0.1) is 12.2 Å². The molecule has 0 radical (unpaired) electrons. The van der Waals surface area contributed by atoms with Gasteiger partial charge in [-0.2, -0.15) is 4.98 Å². The van der Waals surface area contributed by atoms with E-state index in [0.717, 1.165) is 60.4 Å². The fourth-order valence-corrected chi connectivity index (χ4v) is 4.73. The number of aromatic nitrogens is 3. The van der Waals surface area contributed by atoms with Gasteiger partial charge >= 0.3 is 0 Å². The van der Waals surface area contributed by atoms with Crippen LogP contribution in [0, 0.1) is 0 Å². The first-order valence-electron chi connectivity index (χ1n) is 12.3. The molecule has 9 nitrogen and oxygen atoms in total. The third-order valence-electron chi connectivity index (χ3n) is 6.80. The number of carbonyl (C=O) groups is 1. The molecule has 9 heteroatoms. The summed E-state index contributed by atoms with van der Waals surface area (Å²) in [6, 6.07) is 14.0. The maximum absolute atomic E-state index is 12.4. The van der Waals surface area contributed by atoms with Gasteiger partial charge in [-0.25, -0.2) is 4.98 Å². The number of fused-ring (bicyclic) bond motifs is 2. The van der Waals surface area contributed by atoms with Crippen LogP contribution >= 0.6 is 0 Å². The predicted octanol–water partition coefficient (Wildman–Crippen LogP) is 3.63. The molecule has 1 saturated heterocycles. The van der Waals surface area contributed by atoms with E-state index in [1.807, 2.05) is 36.7 Å². The molecule has 1 fully saturated rings. The van der Waals surface area contributed by atoms with Crippen LogP contribution in [-0.2, 0) is 0 Å². The number of likely N-dealkylation sites (N-methyl/N-ethyl adjacent to an activating group) is 1. The number of aromatic amines is 1. The van der Waals surface area contributed by atoms with Gasteiger partial charge in [0.25, 0.3) is 5.91 Å². The molecular formula is C27H29N7O2. The van der Waals surface area contributed by atoms with Crippen molar-refractivity contribution in [3.63, 3.8) is 0 Å². The Kier molecular flexibility index (Phi) is 5.90. The summed E-state index contributed by atoms with van der Waals surface area (Å²) in [6.45, 7) is 5.36. The molecule has 6 rings (SSSR count). The Morgan fingerprint density at radius 1 is 1.06 bits per heavy atom. The number of hydrogen-bond donors (Lipinski definition) is 3. The van der Waals surface area contributed by atoms with Crippen molar-refractivity contribution in [1.29, 1.82) is 0 Å². The average Bonchev–Trinajstić information content (AvgIpc) is 3.31. The van der Waals surface area contributed by atoms with Gasteiger partial charge in [0, 0.05) is 67.4 Å². The molecule has 0 aliphatic carbocycles. The van der Waals surface area contributed by atoms with E-state index >= 15 is 0 Å². The molecule has 0 saturated carbocycles. The van der Waals surface area contributed by atoms with E-state index < -0.39 is 0 Å². The number of ether oxygens (including phenoxy) is 1. The Morgan fingerprint density at radius 2 is 1.94 bits per heavy atom. The normalized spacial score (nSPS) is 16.6. The van der Waals surface area contributed by atoms with Crippen molar-refractivity contribution in [3.8, 4) is 16.9 Å². The Hall–Kier alpha value is -4.11. The van der Waals surface area contributed by atoms with E-state index in [2.05, 4.69) is 55.6 Å². The van der Waals surface area contributed by atoms with Gasteiger partial charge in [-0.15, -0.1) is 0 Å². The largest absolute Gasteiger partial charge is 0.493 e. The number of nitrogens with zero attached hydrogens (tertiary/aromatic N) is 4. The lowest BCUT2D eigenvalue weighted by molar-refractivity contribution is 0.0940. The molecule has 36 heavy (non-hydrogen) atoms. The fourth-order valence-electron chi connectivity index (χ4n) is 4.73. The zero-order valence-electron chi connectivity index (χ0n) is 20.3. The molecule has 1 amide bonds. The third kappa shape index (κ3) is 4.45. The topological polar surface area (TPSA) is 98.4 Å². The second kappa shape index (κ2) is 9.50. The molecule has 2 aromatic carbocycles. The zero-order chi connectivity index (χ0) is 24.5. The molecule has 2 aromatic heterocycles. The highest BCUT2D eigenvalue weighted by atomic mass is 16.5. The second-order valence-corrected chi connectivity index (χ2v) is 9.29. The molecule has 0 bridgehead atoms. The van der Waals surface area contributed by atoms with Crippen molar-refractivity contribution < 1.29 is 9.53 Å². The lowest BCUT2D eigenvalue weighted by Gasteiger charge is -2.34. The summed E-state index contributed by atoms with van der Waals surface area (Å²) in [6.07, 6.45) is 4.53. The van der Waals surface area contributed by atoms with Gasteiger partial charge in [-0.3, -0.25) is 4.79 Å². The quantitative estimate of drug-likeness (QED) is 0.408. The number of hydrogen-bond acceptors (Lipinski definition) is 7. The molecule has 0 spiro atoms. The summed E-state index contributed by atoms with van der Waals surface area (Å²) in [5.41, 5.74) is 5.35. The van der Waals surface area contributed by atoms with E-state index in [0.29, 0.717) is 30.4 Å². The highest BCUT2D eigenvalue weighted by Gasteiger charge is 2.18. The van der Waals surface area contributed by atoms with E-state index in [4.69, 9.17) is 9.72 Å². The van der Waals surface area contributed by atoms with Crippen LogP contribution < -0.4 is 20.3 Å². The maximum Gasteiger partial charge on any atom is 0.255 e. The zero-order valence-corrected chi connectivity index (χ0v) is 20.3. The highest BCUT2D eigenvalue weighted by molar-refractivity contribution is 5.99. The molecule has 0 unspecified atom stereocenters. The molecule has 3 N–H and O–H groups in total. The van der Waals surface area contributed by atoms with Crippen molar-refractivity contribution in [2.45, 2.75) is 6.42 Å². The SMILES string of the molecule is CN1CCN(c2cccc(Nc3ncc4c(-c5ccc6c(c5)OCCCNC6=O)c[nH]c4n3)c2)CC1. The molecule has 184 valence electrons. The van der Waals surface area contributed by atoms with Crippen LogP contribution in [0.4, 0.5) is 17.3 Å². The first-order chi connectivity index (χ1) is 17.6. The summed E-state index contributed by atoms with van der Waals surface area (Å²) in [5, 5.41) is 7.17. The summed E-state index contributed by atoms with van der Waals surface area (Å²) in [5.74, 6) is 1.02. The van der Waals surface area contributed by atoms with E-state index in [-0.39, 0.29) is 5.91 Å². The standard InChI is InChI=1S/C27H29N7O2/c1-33-9-11-34(12-10-33)20-5-2-4-19(15-20)31-27-30-17-23-22(16-29-25(23)32-27)18-6-7-21-24(14-18)36-13-3-8-28-26(21)35/h2,4-7,14-17H,3,8-13H2,1H3,(H,28,35)(H2,29,30,31,32). The summed E-state index contributed by atoms with van der Waals surface area (Å²) in [7, 11) is 2.16. The number of H-pyrrole nitrogens is 1. The summed E-state index contributed by atoms with van der Waals surface area (Å²) in [4.78, 5) is 29.7. The number of carbonyl (C=O) groups excluding carboxylic acids is 1. The van der Waals surface area contributed by atoms with Gasteiger partial charge in [-0.1, -0.05) is 12.1 Å². The molecular weight excluding hydrogens is 454 g/mol. The number of rotatable bonds is 4. The molecule has 4 heterocycles. The highest BCUT2D eigenvalue weighted by Crippen LogP contribution is 2.33. The number of amides is 1. The minimum absolute atomic E-state index is 0.106. The molecule has 2 aliphatic rings. The van der Waals surface area contributed by atoms with Gasteiger partial charge in [-0.05, 0) is 49.4 Å². The second-order valence-electron chi connectivity index (χ2n) is 9.29. The number of nitrogens with one attached hydrogen (secondary N) is 3. The van der Waals surface area contributed by atoms with Crippen molar-refractivity contribution in [2.75, 3.05) is 56.6 Å². The lowest BCUT2D eigenvalue weighted by atomic mass is 10.0. The maximum atomic E-state index is 12.4. The molecule has 4 aromatic rings. The molecule has 0 atom stereocenters. The van der Waals surface area contributed by atoms with Crippen molar-refractivity contribution in [2.24, 2.45) is 0 Å². The Labute approximate surface area is 209 Å². The van der Waals surface area contributed by atoms with Gasteiger partial charge in [0.2, 0.25) is 5.95 Å². The van der Waals surface area contributed by atoms with Crippen LogP contribution in [0.3, 0.4) is 0 Å². The van der Waals surface area contributed by atoms with E-state index in [1.165, 1.54) is 5.69 Å². The third-order valence-corrected chi connectivity index (χ3v) is 6.80. The summed E-state index contributed by atoms with van der Waals surface area (Å²) < 4.78 is 5.88. The van der Waals surface area contributed by atoms with Crippen molar-refractivity contribution in [3.05, 3.63) is 60.4 Å². The van der Waals surface area contributed by atoms with E-state index in [1.54, 1.807) is 0 Å². The minimum atomic E-state index is -0.106. The predicted molar refractivity (Wildman–Crippen MR) is 141 cm³/mol. The van der Waals surface area contributed by atoms with Crippen LogP contribution in [0.1, 0.15) is 16.8 Å². The van der Waals surface area contributed by atoms with E-state index in [9.17, 15) is 4.79 Å². The van der Waals surface area contributed by atoms with Gasteiger partial charge < -0.3 is 30.2 Å². The van der Waals surface area contributed by atoms with Crippen LogP contribution in [0.5, 0.6) is 5.75 Å². The van der Waals surface area contributed by atoms with Crippen LogP contribution in [0.2, 0.25) is 0 Å². The number of benzene rings is 2. The Morgan fingerprint density at radius 3 is 2.83 bits per heavy atom. The fraction of sp³-hybridized carbons (Fsp3) is 0.296.